The molecule has 25 heavy (non-hydrogen) atoms. The van der Waals surface area contributed by atoms with Gasteiger partial charge in [-0.3, -0.25) is 9.59 Å². The van der Waals surface area contributed by atoms with Gasteiger partial charge in [-0.25, -0.2) is 10.9 Å². The zero-order chi connectivity index (χ0) is 18.0. The summed E-state index contributed by atoms with van der Waals surface area (Å²) in [6, 6.07) is 5.72. The van der Waals surface area contributed by atoms with E-state index in [9.17, 15) is 9.59 Å². The van der Waals surface area contributed by atoms with Crippen LogP contribution in [0.3, 0.4) is 0 Å². The minimum absolute atomic E-state index is 0.0158. The topological polar surface area (TPSA) is 88.7 Å². The van der Waals surface area contributed by atoms with Gasteiger partial charge in [0.25, 0.3) is 0 Å². The molecule has 2 atom stereocenters. The van der Waals surface area contributed by atoms with Crippen molar-refractivity contribution >= 4 is 17.5 Å². The number of amides is 2. The number of nitrogens with zero attached hydrogens (tertiary/aromatic N) is 2. The number of anilines is 1. The highest BCUT2D eigenvalue weighted by atomic mass is 16.2. The highest BCUT2D eigenvalue weighted by molar-refractivity contribution is 5.84. The molecule has 2 aliphatic heterocycles. The maximum Gasteiger partial charge on any atom is 0.244 e. The first kappa shape index (κ1) is 17.7. The Morgan fingerprint density at radius 1 is 1.04 bits per heavy atom. The van der Waals surface area contributed by atoms with Crippen molar-refractivity contribution in [3.05, 3.63) is 29.3 Å². The number of hydrogen-bond acceptors (Lipinski definition) is 6. The van der Waals surface area contributed by atoms with E-state index in [1.165, 1.54) is 11.1 Å². The summed E-state index contributed by atoms with van der Waals surface area (Å²) in [6.07, 6.45) is -0.263. The van der Waals surface area contributed by atoms with Gasteiger partial charge < -0.3 is 15.1 Å². The highest BCUT2D eigenvalue weighted by Crippen LogP contribution is 2.16. The SMILES string of the molecule is CC(=O)N1CCN(C(=O)C2NNNC2Nc2ccc(C)c(C)c2)CC1. The minimum Gasteiger partial charge on any atom is -0.367 e. The first-order chi connectivity index (χ1) is 12.0. The number of carbonyl (C=O) groups excluding carboxylic acids is 2. The number of hydrazine groups is 2. The predicted molar refractivity (Wildman–Crippen MR) is 95.4 cm³/mol. The van der Waals surface area contributed by atoms with Gasteiger partial charge in [0, 0.05) is 38.8 Å². The molecule has 0 aromatic heterocycles. The molecule has 3 rings (SSSR count). The summed E-state index contributed by atoms with van der Waals surface area (Å²) in [5.74, 6) is 0.0748. The predicted octanol–water partition coefficient (Wildman–Crippen LogP) is -0.287. The Labute approximate surface area is 147 Å². The smallest absolute Gasteiger partial charge is 0.244 e. The molecular weight excluding hydrogens is 320 g/mol. The monoisotopic (exact) mass is 346 g/mol. The number of piperazine rings is 1. The van der Waals surface area contributed by atoms with Crippen molar-refractivity contribution in [1.29, 1.82) is 0 Å². The van der Waals surface area contributed by atoms with Crippen molar-refractivity contribution in [3.63, 3.8) is 0 Å². The molecule has 2 saturated heterocycles. The maximum atomic E-state index is 12.8. The Bertz CT molecular complexity index is 657. The molecule has 136 valence electrons. The van der Waals surface area contributed by atoms with Crippen molar-refractivity contribution in [2.75, 3.05) is 31.5 Å². The quantitative estimate of drug-likeness (QED) is 0.602. The standard InChI is InChI=1S/C17H26N6O2/c1-11-4-5-14(10-12(11)2)18-16-15(19-21-20-16)17(25)23-8-6-22(7-9-23)13(3)24/h4-5,10,15-16,18-21H,6-9H2,1-3H3. The molecule has 0 bridgehead atoms. The summed E-state index contributed by atoms with van der Waals surface area (Å²) in [5.41, 5.74) is 12.3. The van der Waals surface area contributed by atoms with Gasteiger partial charge in [-0.05, 0) is 37.1 Å². The van der Waals surface area contributed by atoms with Gasteiger partial charge in [0.15, 0.2) is 0 Å². The van der Waals surface area contributed by atoms with Crippen LogP contribution >= 0.6 is 0 Å². The van der Waals surface area contributed by atoms with E-state index in [4.69, 9.17) is 0 Å². The van der Waals surface area contributed by atoms with Crippen LogP contribution in [0.4, 0.5) is 5.69 Å². The van der Waals surface area contributed by atoms with Crippen LogP contribution in [-0.2, 0) is 9.59 Å². The van der Waals surface area contributed by atoms with Crippen molar-refractivity contribution in [1.82, 2.24) is 26.2 Å². The molecule has 4 N–H and O–H groups in total. The first-order valence-corrected chi connectivity index (χ1v) is 8.60. The molecule has 2 aliphatic rings. The Kier molecular flexibility index (Phi) is 5.22. The number of aryl methyl sites for hydroxylation is 2. The largest absolute Gasteiger partial charge is 0.367 e. The van der Waals surface area contributed by atoms with E-state index in [2.05, 4.69) is 47.7 Å². The lowest BCUT2D eigenvalue weighted by molar-refractivity contribution is -0.139. The fraction of sp³-hybridized carbons (Fsp3) is 0.529. The molecule has 0 saturated carbocycles. The van der Waals surface area contributed by atoms with Crippen molar-refractivity contribution < 1.29 is 9.59 Å². The third kappa shape index (κ3) is 3.92. The van der Waals surface area contributed by atoms with Gasteiger partial charge in [0.2, 0.25) is 11.8 Å². The van der Waals surface area contributed by atoms with E-state index in [1.54, 1.807) is 16.7 Å². The van der Waals surface area contributed by atoms with E-state index in [-0.39, 0.29) is 18.0 Å². The molecule has 0 spiro atoms. The third-order valence-electron chi connectivity index (χ3n) is 4.92. The second-order valence-electron chi connectivity index (χ2n) is 6.64. The molecule has 2 fully saturated rings. The van der Waals surface area contributed by atoms with Crippen LogP contribution in [0, 0.1) is 13.8 Å². The zero-order valence-electron chi connectivity index (χ0n) is 14.9. The molecule has 2 heterocycles. The van der Waals surface area contributed by atoms with E-state index in [1.807, 2.05) is 6.07 Å². The van der Waals surface area contributed by atoms with Crippen LogP contribution in [0.2, 0.25) is 0 Å². The van der Waals surface area contributed by atoms with E-state index in [0.29, 0.717) is 26.2 Å². The Morgan fingerprint density at radius 2 is 1.72 bits per heavy atom. The van der Waals surface area contributed by atoms with E-state index < -0.39 is 6.04 Å². The first-order valence-electron chi connectivity index (χ1n) is 8.60. The summed E-state index contributed by atoms with van der Waals surface area (Å²) in [7, 11) is 0. The van der Waals surface area contributed by atoms with Crippen LogP contribution in [0.1, 0.15) is 18.1 Å². The van der Waals surface area contributed by atoms with Crippen LogP contribution in [0.15, 0.2) is 18.2 Å². The lowest BCUT2D eigenvalue weighted by atomic mass is 10.1. The van der Waals surface area contributed by atoms with Crippen molar-refractivity contribution in [2.45, 2.75) is 33.0 Å². The molecule has 2 amide bonds. The van der Waals surface area contributed by atoms with Gasteiger partial charge in [0.1, 0.15) is 12.2 Å². The molecule has 8 nitrogen and oxygen atoms in total. The number of benzene rings is 1. The van der Waals surface area contributed by atoms with E-state index >= 15 is 0 Å². The lowest BCUT2D eigenvalue weighted by Crippen LogP contribution is -2.57. The summed E-state index contributed by atoms with van der Waals surface area (Å²) < 4.78 is 0. The average Bonchev–Trinajstić information content (AvgIpc) is 3.05. The van der Waals surface area contributed by atoms with Gasteiger partial charge in [-0.15, -0.1) is 0 Å². The van der Waals surface area contributed by atoms with Gasteiger partial charge in [0.05, 0.1) is 0 Å². The Hall–Kier alpha value is -2.16. The lowest BCUT2D eigenvalue weighted by Gasteiger charge is -2.36. The fourth-order valence-corrected chi connectivity index (χ4v) is 3.14. The molecule has 1 aromatic carbocycles. The molecular formula is C17H26N6O2. The molecule has 0 aliphatic carbocycles. The molecule has 1 aromatic rings. The Balaban J connectivity index is 1.62. The summed E-state index contributed by atoms with van der Waals surface area (Å²) in [4.78, 5) is 27.8. The summed E-state index contributed by atoms with van der Waals surface area (Å²) in [5, 5.41) is 3.36. The van der Waals surface area contributed by atoms with Gasteiger partial charge in [-0.2, -0.15) is 5.53 Å². The fourth-order valence-electron chi connectivity index (χ4n) is 3.14. The van der Waals surface area contributed by atoms with Crippen LogP contribution in [-0.4, -0.2) is 60.0 Å². The number of carbonyl (C=O) groups is 2. The minimum atomic E-state index is -0.425. The molecule has 8 heteroatoms. The number of hydrogen-bond donors (Lipinski definition) is 4. The summed E-state index contributed by atoms with van der Waals surface area (Å²) in [6.45, 7) is 8.00. The normalized spacial score (nSPS) is 23.6. The van der Waals surface area contributed by atoms with Crippen molar-refractivity contribution in [2.24, 2.45) is 0 Å². The van der Waals surface area contributed by atoms with Crippen molar-refractivity contribution in [3.8, 4) is 0 Å². The molecule has 2 unspecified atom stereocenters. The van der Waals surface area contributed by atoms with E-state index in [0.717, 1.165) is 5.69 Å². The van der Waals surface area contributed by atoms with Gasteiger partial charge in [-0.1, -0.05) is 6.07 Å². The molecule has 0 radical (unpaired) electrons. The number of rotatable bonds is 3. The third-order valence-corrected chi connectivity index (χ3v) is 4.92. The Morgan fingerprint density at radius 3 is 2.36 bits per heavy atom. The van der Waals surface area contributed by atoms with Crippen LogP contribution in [0.25, 0.3) is 0 Å². The second kappa shape index (κ2) is 7.38. The second-order valence-corrected chi connectivity index (χ2v) is 6.64. The average molecular weight is 346 g/mol. The van der Waals surface area contributed by atoms with Crippen LogP contribution < -0.4 is 21.7 Å². The maximum absolute atomic E-state index is 12.8. The van der Waals surface area contributed by atoms with Crippen LogP contribution in [0.5, 0.6) is 0 Å². The van der Waals surface area contributed by atoms with Gasteiger partial charge >= 0.3 is 0 Å². The highest BCUT2D eigenvalue weighted by Gasteiger charge is 2.36. The zero-order valence-corrected chi connectivity index (χ0v) is 14.9. The number of nitrogens with one attached hydrogen (secondary N) is 4. The summed E-state index contributed by atoms with van der Waals surface area (Å²) >= 11 is 0.